The van der Waals surface area contributed by atoms with Gasteiger partial charge in [0.2, 0.25) is 0 Å². The van der Waals surface area contributed by atoms with Crippen LogP contribution in [-0.2, 0) is 6.42 Å². The van der Waals surface area contributed by atoms with E-state index in [2.05, 4.69) is 208 Å². The van der Waals surface area contributed by atoms with Crippen LogP contribution < -0.4 is 0 Å². The molecular formula is C71H89NO. The second-order valence-electron chi connectivity index (χ2n) is 19.0. The lowest BCUT2D eigenvalue weighted by atomic mass is 9.85. The molecule has 1 aromatic heterocycles. The SMILES string of the molecule is C/C=C\C(=C/C)C(=N)[C@@H](CC)Cc1ccccc1-c1cccc(-c2ccccc2)c1.CC.CC.CCC.CCC(C)c1cccc2c3cc4oc5ccccc5c4cc3c3cccc(C)c3c12.CCCC(C)C. The van der Waals surface area contributed by atoms with Crippen molar-refractivity contribution in [2.45, 2.75) is 148 Å². The summed E-state index contributed by atoms with van der Waals surface area (Å²) in [7, 11) is 0. The summed E-state index contributed by atoms with van der Waals surface area (Å²) in [6.07, 6.45) is 13.0. The van der Waals surface area contributed by atoms with Gasteiger partial charge in [-0.05, 0) is 153 Å². The van der Waals surface area contributed by atoms with Crippen molar-refractivity contribution in [2.24, 2.45) is 11.8 Å². The predicted molar refractivity (Wildman–Crippen MR) is 329 cm³/mol. The average molecular weight is 972 g/mol. The molecule has 0 saturated carbocycles. The fourth-order valence-corrected chi connectivity index (χ4v) is 9.67. The topological polar surface area (TPSA) is 37.0 Å². The maximum Gasteiger partial charge on any atom is 0.136 e. The summed E-state index contributed by atoms with van der Waals surface area (Å²) in [4.78, 5) is 0. The molecule has 9 rings (SSSR count). The highest BCUT2D eigenvalue weighted by atomic mass is 16.3. The minimum Gasteiger partial charge on any atom is -0.456 e. The Morgan fingerprint density at radius 2 is 1.12 bits per heavy atom. The van der Waals surface area contributed by atoms with E-state index in [1.54, 1.807) is 0 Å². The van der Waals surface area contributed by atoms with Crippen LogP contribution in [0.2, 0.25) is 0 Å². The molecule has 2 heteroatoms. The predicted octanol–water partition coefficient (Wildman–Crippen LogP) is 22.9. The van der Waals surface area contributed by atoms with Gasteiger partial charge in [0, 0.05) is 22.4 Å². The van der Waals surface area contributed by atoms with Gasteiger partial charge in [0.25, 0.3) is 0 Å². The third-order valence-electron chi connectivity index (χ3n) is 13.4. The monoisotopic (exact) mass is 972 g/mol. The number of hydrogen-bond donors (Lipinski definition) is 1. The van der Waals surface area contributed by atoms with Crippen molar-refractivity contribution < 1.29 is 4.42 Å². The zero-order valence-corrected chi connectivity index (χ0v) is 47.5. The third kappa shape index (κ3) is 14.8. The first kappa shape index (κ1) is 59.1. The molecule has 1 heterocycles. The molecule has 0 spiro atoms. The maximum absolute atomic E-state index is 8.76. The van der Waals surface area contributed by atoms with Crippen molar-refractivity contribution in [1.29, 1.82) is 5.41 Å². The van der Waals surface area contributed by atoms with E-state index in [1.807, 2.05) is 65.8 Å². The quantitative estimate of drug-likeness (QED) is 0.0739. The molecule has 1 N–H and O–H groups in total. The van der Waals surface area contributed by atoms with Gasteiger partial charge >= 0.3 is 0 Å². The normalized spacial score (nSPS) is 11.9. The maximum atomic E-state index is 8.76. The minimum atomic E-state index is 0.200. The van der Waals surface area contributed by atoms with Gasteiger partial charge in [0.05, 0.1) is 0 Å². The van der Waals surface area contributed by atoms with Crippen LogP contribution in [0.25, 0.3) is 76.5 Å². The van der Waals surface area contributed by atoms with Gasteiger partial charge in [-0.2, -0.15) is 0 Å². The lowest BCUT2D eigenvalue weighted by molar-refractivity contribution is 0.576. The van der Waals surface area contributed by atoms with Crippen LogP contribution in [0, 0.1) is 24.2 Å². The Morgan fingerprint density at radius 3 is 1.75 bits per heavy atom. The highest BCUT2D eigenvalue weighted by Crippen LogP contribution is 2.43. The molecule has 0 saturated heterocycles. The molecule has 2 nitrogen and oxygen atoms in total. The summed E-state index contributed by atoms with van der Waals surface area (Å²) < 4.78 is 6.24. The second-order valence-corrected chi connectivity index (χ2v) is 19.0. The van der Waals surface area contributed by atoms with Crippen LogP contribution in [0.3, 0.4) is 0 Å². The van der Waals surface area contributed by atoms with E-state index in [0.29, 0.717) is 5.92 Å². The van der Waals surface area contributed by atoms with E-state index in [9.17, 15) is 0 Å². The minimum absolute atomic E-state index is 0.200. The van der Waals surface area contributed by atoms with Crippen LogP contribution in [0.4, 0.5) is 0 Å². The number of fused-ring (bicyclic) bond motifs is 9. The Labute approximate surface area is 442 Å². The van der Waals surface area contributed by atoms with Gasteiger partial charge in [0.15, 0.2) is 0 Å². The summed E-state index contributed by atoms with van der Waals surface area (Å²) in [5, 5.41) is 19.2. The molecule has 0 fully saturated rings. The number of para-hydroxylation sites is 1. The van der Waals surface area contributed by atoms with E-state index >= 15 is 0 Å². The van der Waals surface area contributed by atoms with E-state index in [0.717, 1.165) is 47.6 Å². The standard InChI is InChI=1S/C29H31N.C29H24O.C6H14.C3H8.2C2H6/c1-4-13-22(5-2)29(30)23(6-3)20-26-16-10-11-19-28(26)27-18-12-17-25(21-27)24-14-8-7-9-15-24;1-4-17(2)19-11-8-13-22-24-16-27-25(20-10-5-6-14-26(20)30-27)15-23(24)21-12-7-9-18(3)28(21)29(19)22;1-4-5-6(2)3;1-3-2;2*1-2/h4-5,7-19,21,23,30H,6,20H2,1-3H3;5-17H,4H2,1-3H3;6H,4-5H2,1-3H3;3H2,1-2H3;2*1-2H3/b13-4-,22-5+,30-29?;;;;;/t23-;;;;;/m0...../s1. The Balaban J connectivity index is 0.000000257. The lowest BCUT2D eigenvalue weighted by Gasteiger charge is -2.20. The molecule has 1 unspecified atom stereocenters. The van der Waals surface area contributed by atoms with Crippen molar-refractivity contribution in [2.75, 3.05) is 0 Å². The third-order valence-corrected chi connectivity index (χ3v) is 13.4. The summed E-state index contributed by atoms with van der Waals surface area (Å²) in [5.41, 5.74) is 12.7. The number of aryl methyl sites for hydroxylation is 1. The molecule has 0 amide bonds. The van der Waals surface area contributed by atoms with E-state index in [-0.39, 0.29) is 5.92 Å². The molecule has 9 aromatic rings. The Kier molecular flexibility index (Phi) is 24.7. The summed E-state index contributed by atoms with van der Waals surface area (Å²) >= 11 is 0. The molecule has 0 aliphatic heterocycles. The first-order chi connectivity index (χ1) is 35.5. The fourth-order valence-electron chi connectivity index (χ4n) is 9.67. The molecule has 2 atom stereocenters. The number of allylic oxidation sites excluding steroid dienone is 4. The Hall–Kier alpha value is -6.51. The molecule has 0 aliphatic rings. The van der Waals surface area contributed by atoms with Crippen molar-refractivity contribution >= 4 is 60.0 Å². The molecule has 8 aromatic carbocycles. The number of hydrogen-bond acceptors (Lipinski definition) is 2. The van der Waals surface area contributed by atoms with Crippen LogP contribution in [0.15, 0.2) is 180 Å². The van der Waals surface area contributed by atoms with E-state index in [1.165, 1.54) is 101 Å². The van der Waals surface area contributed by atoms with Crippen molar-refractivity contribution in [3.05, 3.63) is 192 Å². The Morgan fingerprint density at radius 1 is 0.548 bits per heavy atom. The summed E-state index contributed by atoms with van der Waals surface area (Å²) in [6, 6.07) is 54.4. The highest BCUT2D eigenvalue weighted by molar-refractivity contribution is 6.29. The van der Waals surface area contributed by atoms with Crippen molar-refractivity contribution in [3.63, 3.8) is 0 Å². The van der Waals surface area contributed by atoms with Gasteiger partial charge < -0.3 is 9.83 Å². The van der Waals surface area contributed by atoms with Gasteiger partial charge in [-0.25, -0.2) is 0 Å². The van der Waals surface area contributed by atoms with Crippen molar-refractivity contribution in [3.8, 4) is 22.3 Å². The van der Waals surface area contributed by atoms with Crippen molar-refractivity contribution in [1.82, 2.24) is 0 Å². The van der Waals surface area contributed by atoms with E-state index in [4.69, 9.17) is 9.83 Å². The Bertz CT molecular complexity index is 3160. The van der Waals surface area contributed by atoms with Crippen LogP contribution in [-0.4, -0.2) is 5.71 Å². The van der Waals surface area contributed by atoms with E-state index < -0.39 is 0 Å². The second kappa shape index (κ2) is 30.5. The lowest BCUT2D eigenvalue weighted by Crippen LogP contribution is -2.17. The van der Waals surface area contributed by atoms with Gasteiger partial charge in [-0.3, -0.25) is 0 Å². The summed E-state index contributed by atoms with van der Waals surface area (Å²) in [5.74, 6) is 1.62. The largest absolute Gasteiger partial charge is 0.456 e. The van der Waals surface area contributed by atoms with Crippen LogP contribution >= 0.6 is 0 Å². The number of nitrogens with one attached hydrogen (secondary N) is 1. The molecule has 0 aliphatic carbocycles. The van der Waals surface area contributed by atoms with Gasteiger partial charge in [-0.15, -0.1) is 0 Å². The number of rotatable bonds is 12. The molecule has 0 radical (unpaired) electrons. The van der Waals surface area contributed by atoms with Crippen LogP contribution in [0.5, 0.6) is 0 Å². The highest BCUT2D eigenvalue weighted by Gasteiger charge is 2.20. The smallest absolute Gasteiger partial charge is 0.136 e. The molecule has 384 valence electrons. The zero-order valence-electron chi connectivity index (χ0n) is 47.5. The zero-order chi connectivity index (χ0) is 53.5. The fraction of sp³-hybridized carbons (Fsp3) is 0.338. The first-order valence-electron chi connectivity index (χ1n) is 27.8. The van der Waals surface area contributed by atoms with Gasteiger partial charge in [0.1, 0.15) is 11.2 Å². The number of benzene rings is 8. The first-order valence-corrected chi connectivity index (χ1v) is 27.8. The molecular weight excluding hydrogens is 883 g/mol. The molecule has 0 bridgehead atoms. The van der Waals surface area contributed by atoms with Crippen LogP contribution in [0.1, 0.15) is 152 Å². The molecule has 73 heavy (non-hydrogen) atoms. The average Bonchev–Trinajstić information content (AvgIpc) is 3.80. The number of furan rings is 1. The summed E-state index contributed by atoms with van der Waals surface area (Å²) in [6.45, 7) is 32.0. The van der Waals surface area contributed by atoms with Gasteiger partial charge in [-0.1, -0.05) is 248 Å².